The highest BCUT2D eigenvalue weighted by atomic mass is 16.6. The Kier molecular flexibility index (Phi) is 9.48. The number of amides is 3. The fourth-order valence-corrected chi connectivity index (χ4v) is 4.77. The molecule has 1 saturated carbocycles. The molecule has 228 valence electrons. The Morgan fingerprint density at radius 2 is 1.63 bits per heavy atom. The van der Waals surface area contributed by atoms with Crippen molar-refractivity contribution >= 4 is 23.6 Å². The van der Waals surface area contributed by atoms with Crippen LogP contribution in [0.3, 0.4) is 0 Å². The summed E-state index contributed by atoms with van der Waals surface area (Å²) in [5.41, 5.74) is 1.18. The first-order valence-electron chi connectivity index (χ1n) is 14.2. The molecule has 3 aromatic carbocycles. The summed E-state index contributed by atoms with van der Waals surface area (Å²) in [5, 5.41) is 26.5. The summed E-state index contributed by atoms with van der Waals surface area (Å²) in [5.74, 6) is -0.433. The third kappa shape index (κ3) is 8.18. The van der Waals surface area contributed by atoms with Gasteiger partial charge in [0.15, 0.2) is 0 Å². The predicted octanol–water partition coefficient (Wildman–Crippen LogP) is 5.22. The highest BCUT2D eigenvalue weighted by molar-refractivity contribution is 5.99. The molecule has 2 unspecified atom stereocenters. The quantitative estimate of drug-likeness (QED) is 0.254. The Morgan fingerprint density at radius 3 is 2.21 bits per heavy atom. The van der Waals surface area contributed by atoms with E-state index in [1.54, 1.807) is 89.4 Å². The SMILES string of the molecule is COc1ccc(NC(=O)C(c2cccc(C)c2O)N(C(=O)C(Cc2ccc(O)cc2)NC(=O)OC(C)(C)C)C2CC2)cc1. The number of hydrogen-bond donors (Lipinski definition) is 4. The second-order valence-electron chi connectivity index (χ2n) is 11.7. The van der Waals surface area contributed by atoms with Crippen LogP contribution < -0.4 is 15.4 Å². The van der Waals surface area contributed by atoms with E-state index in [4.69, 9.17) is 9.47 Å². The van der Waals surface area contributed by atoms with Crippen LogP contribution in [0.1, 0.15) is 56.3 Å². The molecule has 10 heteroatoms. The lowest BCUT2D eigenvalue weighted by Crippen LogP contribution is -2.54. The Balaban J connectivity index is 1.74. The molecular weight excluding hydrogens is 550 g/mol. The van der Waals surface area contributed by atoms with Crippen molar-refractivity contribution in [2.75, 3.05) is 12.4 Å². The fourth-order valence-electron chi connectivity index (χ4n) is 4.77. The van der Waals surface area contributed by atoms with Gasteiger partial charge >= 0.3 is 6.09 Å². The van der Waals surface area contributed by atoms with E-state index in [2.05, 4.69) is 10.6 Å². The largest absolute Gasteiger partial charge is 0.508 e. The van der Waals surface area contributed by atoms with E-state index in [9.17, 15) is 24.6 Å². The zero-order valence-corrected chi connectivity index (χ0v) is 25.1. The number of anilines is 1. The number of carbonyl (C=O) groups excluding carboxylic acids is 3. The maximum atomic E-state index is 14.5. The summed E-state index contributed by atoms with van der Waals surface area (Å²) >= 11 is 0. The van der Waals surface area contributed by atoms with Crippen LogP contribution in [-0.2, 0) is 20.7 Å². The van der Waals surface area contributed by atoms with E-state index in [-0.39, 0.29) is 29.5 Å². The van der Waals surface area contributed by atoms with Crippen molar-refractivity contribution in [1.82, 2.24) is 10.2 Å². The van der Waals surface area contributed by atoms with Crippen molar-refractivity contribution in [1.29, 1.82) is 0 Å². The number of nitrogens with zero attached hydrogens (tertiary/aromatic N) is 1. The highest BCUT2D eigenvalue weighted by Crippen LogP contribution is 2.40. The number of carbonyl (C=O) groups is 3. The highest BCUT2D eigenvalue weighted by Gasteiger charge is 2.45. The van der Waals surface area contributed by atoms with Crippen LogP contribution in [0.15, 0.2) is 66.7 Å². The van der Waals surface area contributed by atoms with Gasteiger partial charge in [-0.05, 0) is 88.1 Å². The molecule has 0 aliphatic heterocycles. The fraction of sp³-hybridized carbons (Fsp3) is 0.364. The maximum absolute atomic E-state index is 14.5. The van der Waals surface area contributed by atoms with Crippen LogP contribution in [0.5, 0.6) is 17.2 Å². The van der Waals surface area contributed by atoms with Crippen molar-refractivity contribution in [2.24, 2.45) is 0 Å². The van der Waals surface area contributed by atoms with Crippen LogP contribution in [0.4, 0.5) is 10.5 Å². The van der Waals surface area contributed by atoms with Gasteiger partial charge in [0.25, 0.3) is 5.91 Å². The number of phenols is 2. The summed E-state index contributed by atoms with van der Waals surface area (Å²) in [6.45, 7) is 6.89. The summed E-state index contributed by atoms with van der Waals surface area (Å²) in [6, 6.07) is 15.6. The van der Waals surface area contributed by atoms with Crippen LogP contribution in [0, 0.1) is 6.92 Å². The lowest BCUT2D eigenvalue weighted by Gasteiger charge is -2.35. The molecule has 43 heavy (non-hydrogen) atoms. The normalized spacial score (nSPS) is 14.3. The second kappa shape index (κ2) is 13.1. The smallest absolute Gasteiger partial charge is 0.408 e. The number of benzene rings is 3. The number of ether oxygens (including phenoxy) is 2. The summed E-state index contributed by atoms with van der Waals surface area (Å²) in [4.78, 5) is 42.9. The Hall–Kier alpha value is -4.73. The molecule has 2 atom stereocenters. The molecule has 3 amide bonds. The summed E-state index contributed by atoms with van der Waals surface area (Å²) < 4.78 is 10.7. The minimum Gasteiger partial charge on any atom is -0.508 e. The molecule has 4 rings (SSSR count). The molecule has 0 radical (unpaired) electrons. The van der Waals surface area contributed by atoms with Gasteiger partial charge in [-0.25, -0.2) is 4.79 Å². The van der Waals surface area contributed by atoms with Gasteiger partial charge in [-0.3, -0.25) is 9.59 Å². The predicted molar refractivity (Wildman–Crippen MR) is 162 cm³/mol. The number of hydrogen-bond acceptors (Lipinski definition) is 7. The van der Waals surface area contributed by atoms with E-state index >= 15 is 0 Å². The Bertz CT molecular complexity index is 1440. The van der Waals surface area contributed by atoms with E-state index in [1.165, 1.54) is 17.0 Å². The van der Waals surface area contributed by atoms with Gasteiger partial charge in [0.2, 0.25) is 5.91 Å². The molecule has 10 nitrogen and oxygen atoms in total. The molecule has 3 aromatic rings. The van der Waals surface area contributed by atoms with Gasteiger partial charge < -0.3 is 35.2 Å². The van der Waals surface area contributed by atoms with Gasteiger partial charge in [-0.1, -0.05) is 30.3 Å². The topological polar surface area (TPSA) is 137 Å². The number of para-hydroxylation sites is 1. The number of aryl methyl sites for hydroxylation is 1. The van der Waals surface area contributed by atoms with Crippen molar-refractivity contribution < 1.29 is 34.1 Å². The third-order valence-corrected chi connectivity index (χ3v) is 7.01. The molecule has 4 N–H and O–H groups in total. The molecule has 1 fully saturated rings. The zero-order valence-electron chi connectivity index (χ0n) is 25.1. The van der Waals surface area contributed by atoms with Crippen molar-refractivity contribution in [3.05, 3.63) is 83.4 Å². The molecule has 0 aromatic heterocycles. The molecule has 0 spiro atoms. The molecule has 1 aliphatic carbocycles. The minimum absolute atomic E-state index is 0.0662. The first-order valence-corrected chi connectivity index (χ1v) is 14.2. The lowest BCUT2D eigenvalue weighted by molar-refractivity contribution is -0.141. The van der Waals surface area contributed by atoms with Crippen molar-refractivity contribution in [2.45, 2.75) is 70.7 Å². The monoisotopic (exact) mass is 589 g/mol. The molecule has 0 saturated heterocycles. The van der Waals surface area contributed by atoms with E-state index < -0.39 is 35.6 Å². The van der Waals surface area contributed by atoms with E-state index in [1.807, 2.05) is 0 Å². The second-order valence-corrected chi connectivity index (χ2v) is 11.7. The van der Waals surface area contributed by atoms with Crippen LogP contribution in [-0.4, -0.2) is 57.8 Å². The third-order valence-electron chi connectivity index (χ3n) is 7.01. The zero-order chi connectivity index (χ0) is 31.3. The van der Waals surface area contributed by atoms with Gasteiger partial charge in [-0.15, -0.1) is 0 Å². The van der Waals surface area contributed by atoms with Crippen LogP contribution in [0.25, 0.3) is 0 Å². The number of phenolic OH excluding ortho intramolecular Hbond substituents is 2. The maximum Gasteiger partial charge on any atom is 0.408 e. The standard InChI is InChI=1S/C33H39N3O7/c1-20-7-6-8-26(29(20)38)28(30(39)34-22-11-17-25(42-5)18-12-22)36(23-13-14-23)31(40)27(35-32(41)43-33(2,3)4)19-21-9-15-24(37)16-10-21/h6-12,15-18,23,27-28,37-38H,13-14,19H2,1-5H3,(H,34,39)(H,35,41). The van der Waals surface area contributed by atoms with E-state index in [0.29, 0.717) is 35.4 Å². The van der Waals surface area contributed by atoms with Gasteiger partial charge in [0, 0.05) is 23.7 Å². The Labute approximate surface area is 251 Å². The van der Waals surface area contributed by atoms with E-state index in [0.717, 1.165) is 0 Å². The number of methoxy groups -OCH3 is 1. The Morgan fingerprint density at radius 1 is 0.977 bits per heavy atom. The summed E-state index contributed by atoms with van der Waals surface area (Å²) in [6.07, 6.45) is 0.609. The molecule has 0 heterocycles. The van der Waals surface area contributed by atoms with Gasteiger partial charge in [-0.2, -0.15) is 0 Å². The molecule has 0 bridgehead atoms. The average Bonchev–Trinajstić information content (AvgIpc) is 3.78. The first kappa shape index (κ1) is 31.2. The molecular formula is C33H39N3O7. The van der Waals surface area contributed by atoms with Crippen molar-refractivity contribution in [3.63, 3.8) is 0 Å². The van der Waals surface area contributed by atoms with Crippen molar-refractivity contribution in [3.8, 4) is 17.2 Å². The lowest BCUT2D eigenvalue weighted by atomic mass is 9.97. The number of alkyl carbamates (subject to hydrolysis) is 1. The van der Waals surface area contributed by atoms with Gasteiger partial charge in [0.05, 0.1) is 7.11 Å². The first-order chi connectivity index (χ1) is 20.4. The minimum atomic E-state index is -1.20. The van der Waals surface area contributed by atoms with Gasteiger partial charge in [0.1, 0.15) is 34.9 Å². The average molecular weight is 590 g/mol. The number of nitrogens with one attached hydrogen (secondary N) is 2. The van der Waals surface area contributed by atoms with Crippen LogP contribution in [0.2, 0.25) is 0 Å². The van der Waals surface area contributed by atoms with Crippen LogP contribution >= 0.6 is 0 Å². The molecule has 1 aliphatic rings. The number of aromatic hydroxyl groups is 2. The summed E-state index contributed by atoms with van der Waals surface area (Å²) in [7, 11) is 1.54. The number of rotatable bonds is 10.